The van der Waals surface area contributed by atoms with Gasteiger partial charge >= 0.3 is 0 Å². The molecule has 2 aliphatic rings. The molecule has 1 amide bonds. The van der Waals surface area contributed by atoms with Gasteiger partial charge in [-0.05, 0) is 49.4 Å². The van der Waals surface area contributed by atoms with Crippen molar-refractivity contribution < 1.29 is 4.79 Å². The largest absolute Gasteiger partial charge is 0.331 e. The number of amides is 1. The molecule has 120 valence electrons. The maximum Gasteiger partial charge on any atom is 0.223 e. The maximum absolute atomic E-state index is 12.5. The number of pyridine rings is 1. The van der Waals surface area contributed by atoms with Crippen LogP contribution in [0.4, 0.5) is 0 Å². The van der Waals surface area contributed by atoms with E-state index in [4.69, 9.17) is 0 Å². The van der Waals surface area contributed by atoms with Gasteiger partial charge in [0.25, 0.3) is 0 Å². The first-order valence-corrected chi connectivity index (χ1v) is 8.51. The van der Waals surface area contributed by atoms with Crippen molar-refractivity contribution >= 4 is 5.91 Å². The van der Waals surface area contributed by atoms with Crippen LogP contribution in [0.2, 0.25) is 0 Å². The highest BCUT2D eigenvalue weighted by Crippen LogP contribution is 2.39. The van der Waals surface area contributed by atoms with Crippen LogP contribution in [0, 0.1) is 5.92 Å². The summed E-state index contributed by atoms with van der Waals surface area (Å²) in [7, 11) is 0. The van der Waals surface area contributed by atoms with Gasteiger partial charge in [-0.25, -0.2) is 0 Å². The molecule has 1 aromatic rings. The van der Waals surface area contributed by atoms with E-state index in [9.17, 15) is 4.79 Å². The fourth-order valence-corrected chi connectivity index (χ4v) is 4.10. The molecule has 2 fully saturated rings. The lowest BCUT2D eigenvalue weighted by molar-refractivity contribution is -0.133. The predicted molar refractivity (Wildman–Crippen MR) is 87.3 cm³/mol. The Kier molecular flexibility index (Phi) is 4.48. The zero-order valence-electron chi connectivity index (χ0n) is 13.8. The Morgan fingerprint density at radius 3 is 2.77 bits per heavy atom. The van der Waals surface area contributed by atoms with Crippen molar-refractivity contribution in [1.82, 2.24) is 14.8 Å². The van der Waals surface area contributed by atoms with Crippen LogP contribution in [0.3, 0.4) is 0 Å². The third-order valence-electron chi connectivity index (χ3n) is 5.03. The summed E-state index contributed by atoms with van der Waals surface area (Å²) < 4.78 is 0. The van der Waals surface area contributed by atoms with E-state index in [1.807, 2.05) is 24.5 Å². The molecule has 0 saturated carbocycles. The second-order valence-electron chi connectivity index (χ2n) is 7.29. The number of nitrogens with zero attached hydrogens (tertiary/aromatic N) is 3. The number of rotatable bonds is 4. The van der Waals surface area contributed by atoms with Crippen molar-refractivity contribution in [1.29, 1.82) is 0 Å². The van der Waals surface area contributed by atoms with Crippen LogP contribution in [-0.2, 0) is 11.3 Å². The quantitative estimate of drug-likeness (QED) is 0.858. The van der Waals surface area contributed by atoms with E-state index in [0.29, 0.717) is 18.2 Å². The highest BCUT2D eigenvalue weighted by Gasteiger charge is 2.47. The molecule has 22 heavy (non-hydrogen) atoms. The van der Waals surface area contributed by atoms with Gasteiger partial charge in [0.2, 0.25) is 5.91 Å². The number of likely N-dealkylation sites (tertiary alicyclic amines) is 2. The van der Waals surface area contributed by atoms with Crippen molar-refractivity contribution in [2.24, 2.45) is 5.92 Å². The Morgan fingerprint density at radius 2 is 2.05 bits per heavy atom. The lowest BCUT2D eigenvalue weighted by Crippen LogP contribution is -2.56. The molecule has 0 bridgehead atoms. The molecule has 2 saturated heterocycles. The third kappa shape index (κ3) is 3.17. The standard InChI is InChI=1S/C18H27N3O/c1-15(2)12-20-11-3-7-18(14-20)8-4-17(22)21(18)13-16-5-9-19-10-6-16/h5-6,9-10,15H,3-4,7-8,11-14H2,1-2H3. The van der Waals surface area contributed by atoms with Crippen molar-refractivity contribution in [3.05, 3.63) is 30.1 Å². The number of carbonyl (C=O) groups excluding carboxylic acids is 1. The molecule has 3 heterocycles. The van der Waals surface area contributed by atoms with Gasteiger partial charge in [0.05, 0.1) is 5.54 Å². The molecule has 0 aromatic carbocycles. The summed E-state index contributed by atoms with van der Waals surface area (Å²) in [4.78, 5) is 21.3. The Balaban J connectivity index is 1.77. The lowest BCUT2D eigenvalue weighted by atomic mass is 9.85. The summed E-state index contributed by atoms with van der Waals surface area (Å²) in [5.74, 6) is 1.00. The summed E-state index contributed by atoms with van der Waals surface area (Å²) in [5, 5.41) is 0. The van der Waals surface area contributed by atoms with E-state index in [2.05, 4.69) is 28.6 Å². The molecule has 1 unspecified atom stereocenters. The molecule has 2 aliphatic heterocycles. The Morgan fingerprint density at radius 1 is 1.27 bits per heavy atom. The predicted octanol–water partition coefficient (Wildman–Crippen LogP) is 2.69. The maximum atomic E-state index is 12.5. The first-order valence-electron chi connectivity index (χ1n) is 8.51. The molecule has 1 atom stereocenters. The summed E-state index contributed by atoms with van der Waals surface area (Å²) >= 11 is 0. The van der Waals surface area contributed by atoms with Gasteiger partial charge in [0.1, 0.15) is 0 Å². The van der Waals surface area contributed by atoms with Crippen LogP contribution in [0.5, 0.6) is 0 Å². The summed E-state index contributed by atoms with van der Waals surface area (Å²) in [6.45, 7) is 8.64. The Labute approximate surface area is 133 Å². The average Bonchev–Trinajstić information content (AvgIpc) is 2.77. The number of carbonyl (C=O) groups is 1. The Hall–Kier alpha value is -1.42. The van der Waals surface area contributed by atoms with Crippen molar-refractivity contribution in [2.45, 2.75) is 51.6 Å². The van der Waals surface area contributed by atoms with E-state index in [1.165, 1.54) is 18.5 Å². The minimum absolute atomic E-state index is 0.0630. The second-order valence-corrected chi connectivity index (χ2v) is 7.29. The monoisotopic (exact) mass is 301 g/mol. The minimum atomic E-state index is 0.0630. The molecule has 4 heteroatoms. The Bertz CT molecular complexity index is 516. The number of piperidine rings is 1. The number of aromatic nitrogens is 1. The average molecular weight is 301 g/mol. The van der Waals surface area contributed by atoms with E-state index in [0.717, 1.165) is 32.5 Å². The molecule has 0 aliphatic carbocycles. The van der Waals surface area contributed by atoms with E-state index in [1.54, 1.807) is 0 Å². The molecule has 0 N–H and O–H groups in total. The highest BCUT2D eigenvalue weighted by molar-refractivity contribution is 5.79. The smallest absolute Gasteiger partial charge is 0.223 e. The van der Waals surface area contributed by atoms with Crippen LogP contribution < -0.4 is 0 Å². The van der Waals surface area contributed by atoms with Crippen molar-refractivity contribution in [3.63, 3.8) is 0 Å². The van der Waals surface area contributed by atoms with Gasteiger partial charge in [-0.1, -0.05) is 13.8 Å². The van der Waals surface area contributed by atoms with Crippen LogP contribution in [0.25, 0.3) is 0 Å². The van der Waals surface area contributed by atoms with Gasteiger partial charge in [0, 0.05) is 38.4 Å². The molecule has 1 spiro atoms. The van der Waals surface area contributed by atoms with Crippen molar-refractivity contribution in [2.75, 3.05) is 19.6 Å². The highest BCUT2D eigenvalue weighted by atomic mass is 16.2. The van der Waals surface area contributed by atoms with E-state index < -0.39 is 0 Å². The zero-order valence-corrected chi connectivity index (χ0v) is 13.8. The summed E-state index contributed by atoms with van der Waals surface area (Å²) in [6, 6.07) is 4.04. The van der Waals surface area contributed by atoms with Gasteiger partial charge in [-0.15, -0.1) is 0 Å². The minimum Gasteiger partial charge on any atom is -0.331 e. The summed E-state index contributed by atoms with van der Waals surface area (Å²) in [5.41, 5.74) is 1.25. The molecular formula is C18H27N3O. The number of hydrogen-bond donors (Lipinski definition) is 0. The van der Waals surface area contributed by atoms with Gasteiger partial charge in [-0.3, -0.25) is 9.78 Å². The first-order chi connectivity index (χ1) is 10.6. The third-order valence-corrected chi connectivity index (χ3v) is 5.03. The number of hydrogen-bond acceptors (Lipinski definition) is 3. The molecule has 0 radical (unpaired) electrons. The van der Waals surface area contributed by atoms with Crippen molar-refractivity contribution in [3.8, 4) is 0 Å². The van der Waals surface area contributed by atoms with Gasteiger partial charge < -0.3 is 9.80 Å². The second kappa shape index (κ2) is 6.37. The fourth-order valence-electron chi connectivity index (χ4n) is 4.10. The summed E-state index contributed by atoms with van der Waals surface area (Å²) in [6.07, 6.45) is 7.71. The lowest BCUT2D eigenvalue weighted by Gasteiger charge is -2.46. The van der Waals surface area contributed by atoms with Crippen LogP contribution >= 0.6 is 0 Å². The van der Waals surface area contributed by atoms with Crippen LogP contribution in [0.15, 0.2) is 24.5 Å². The topological polar surface area (TPSA) is 36.4 Å². The fraction of sp³-hybridized carbons (Fsp3) is 0.667. The van der Waals surface area contributed by atoms with E-state index in [-0.39, 0.29) is 5.54 Å². The molecule has 3 rings (SSSR count). The molecular weight excluding hydrogens is 274 g/mol. The SMILES string of the molecule is CC(C)CN1CCCC2(CCC(=O)N2Cc2ccncc2)C1. The molecule has 1 aromatic heterocycles. The normalized spacial score (nSPS) is 26.3. The zero-order chi connectivity index (χ0) is 15.6. The van der Waals surface area contributed by atoms with E-state index >= 15 is 0 Å². The van der Waals surface area contributed by atoms with Gasteiger partial charge in [-0.2, -0.15) is 0 Å². The molecule has 4 nitrogen and oxygen atoms in total. The van der Waals surface area contributed by atoms with Crippen LogP contribution in [-0.4, -0.2) is 45.9 Å². The first kappa shape index (κ1) is 15.5. The van der Waals surface area contributed by atoms with Crippen LogP contribution in [0.1, 0.15) is 45.1 Å². The van der Waals surface area contributed by atoms with Gasteiger partial charge in [0.15, 0.2) is 0 Å².